The summed E-state index contributed by atoms with van der Waals surface area (Å²) in [6.45, 7) is 2.56. The predicted octanol–water partition coefficient (Wildman–Crippen LogP) is 0.153. The van der Waals surface area contributed by atoms with Crippen molar-refractivity contribution in [2.24, 2.45) is 18.9 Å². The Balaban J connectivity index is 1.32. The molecule has 2 aliphatic rings. The highest BCUT2D eigenvalue weighted by Crippen LogP contribution is 2.35. The van der Waals surface area contributed by atoms with Crippen LogP contribution in [0.3, 0.4) is 0 Å². The molecule has 10 nitrogen and oxygen atoms in total. The molecule has 0 bridgehead atoms. The number of aryl methyl sites for hydroxylation is 1. The molecule has 3 aromatic rings. The third-order valence-corrected chi connectivity index (χ3v) is 7.33. The maximum absolute atomic E-state index is 12.9. The Hall–Kier alpha value is -2.79. The van der Waals surface area contributed by atoms with E-state index in [9.17, 15) is 8.42 Å². The average molecular weight is 400 g/mol. The van der Waals surface area contributed by atoms with Gasteiger partial charge in [0.05, 0.1) is 0 Å². The summed E-state index contributed by atoms with van der Waals surface area (Å²) in [6.07, 6.45) is 8.25. The highest BCUT2D eigenvalue weighted by atomic mass is 32.2. The first-order valence-electron chi connectivity index (χ1n) is 9.07. The molecule has 11 heteroatoms. The highest BCUT2D eigenvalue weighted by molar-refractivity contribution is 7.89. The number of hydrogen-bond acceptors (Lipinski definition) is 7. The number of sulfonamides is 1. The zero-order valence-corrected chi connectivity index (χ0v) is 16.1. The van der Waals surface area contributed by atoms with Crippen LogP contribution in [0.4, 0.5) is 5.82 Å². The number of nitrogens with zero attached hydrogens (tertiary/aromatic N) is 8. The molecule has 2 atom stereocenters. The lowest BCUT2D eigenvalue weighted by Crippen LogP contribution is -2.34. The molecule has 2 unspecified atom stereocenters. The summed E-state index contributed by atoms with van der Waals surface area (Å²) in [4.78, 5) is 14.9. The first-order chi connectivity index (χ1) is 13.5. The minimum Gasteiger partial charge on any atom is -0.356 e. The van der Waals surface area contributed by atoms with E-state index in [0.29, 0.717) is 18.9 Å². The van der Waals surface area contributed by atoms with Crippen LogP contribution in [-0.2, 0) is 17.1 Å². The Morgan fingerprint density at radius 2 is 1.71 bits per heavy atom. The maximum Gasteiger partial charge on any atom is 0.277 e. The largest absolute Gasteiger partial charge is 0.356 e. The molecular weight excluding hydrogens is 380 g/mol. The van der Waals surface area contributed by atoms with E-state index in [1.807, 2.05) is 18.3 Å². The average Bonchev–Trinajstić information content (AvgIpc) is 3.45. The molecule has 3 aromatic heterocycles. The molecular formula is C17H20N8O2S. The van der Waals surface area contributed by atoms with E-state index in [1.165, 1.54) is 12.5 Å². The van der Waals surface area contributed by atoms with Gasteiger partial charge >= 0.3 is 0 Å². The van der Waals surface area contributed by atoms with Gasteiger partial charge in [0, 0.05) is 64.1 Å². The summed E-state index contributed by atoms with van der Waals surface area (Å²) in [5.74, 6) is 2.11. The number of rotatable bonds is 4. The van der Waals surface area contributed by atoms with Gasteiger partial charge in [-0.3, -0.25) is 0 Å². The second kappa shape index (κ2) is 6.38. The number of aromatic nitrogens is 6. The molecule has 0 amide bonds. The number of anilines is 1. The third kappa shape index (κ3) is 2.78. The Bertz CT molecular complexity index is 1080. The second-order valence-electron chi connectivity index (χ2n) is 7.25. The van der Waals surface area contributed by atoms with Crippen LogP contribution in [0.1, 0.15) is 0 Å². The quantitative estimate of drug-likeness (QED) is 0.614. The van der Waals surface area contributed by atoms with Crippen LogP contribution >= 0.6 is 0 Å². The van der Waals surface area contributed by atoms with Crippen molar-refractivity contribution >= 4 is 15.8 Å². The summed E-state index contributed by atoms with van der Waals surface area (Å²) < 4.78 is 30.6. The van der Waals surface area contributed by atoms with Crippen molar-refractivity contribution in [2.45, 2.75) is 5.16 Å². The van der Waals surface area contributed by atoms with Gasteiger partial charge in [0.25, 0.3) is 10.0 Å². The zero-order chi connectivity index (χ0) is 19.3. The SMILES string of the molecule is Cn1ccnc1S(=O)(=O)N1CC2CN(c3cc(-n4cccn4)ncn3)CC2C1. The lowest BCUT2D eigenvalue weighted by Gasteiger charge is -2.22. The number of imidazole rings is 1. The molecule has 2 aliphatic heterocycles. The molecule has 28 heavy (non-hydrogen) atoms. The lowest BCUT2D eigenvalue weighted by molar-refractivity contribution is 0.444. The molecule has 2 saturated heterocycles. The van der Waals surface area contributed by atoms with Crippen LogP contribution < -0.4 is 4.90 Å². The fourth-order valence-electron chi connectivity index (χ4n) is 4.09. The van der Waals surface area contributed by atoms with Gasteiger partial charge in [-0.05, 0) is 17.9 Å². The van der Waals surface area contributed by atoms with Crippen LogP contribution in [0.5, 0.6) is 0 Å². The Labute approximate surface area is 162 Å². The summed E-state index contributed by atoms with van der Waals surface area (Å²) in [5, 5.41) is 4.31. The smallest absolute Gasteiger partial charge is 0.277 e. The molecule has 0 saturated carbocycles. The molecule has 0 N–H and O–H groups in total. The van der Waals surface area contributed by atoms with Crippen molar-refractivity contribution in [3.63, 3.8) is 0 Å². The summed E-state index contributed by atoms with van der Waals surface area (Å²) in [7, 11) is -1.86. The van der Waals surface area contributed by atoms with Crippen LogP contribution in [0, 0.1) is 11.8 Å². The fraction of sp³-hybridized carbons (Fsp3) is 0.412. The van der Waals surface area contributed by atoms with E-state index in [4.69, 9.17) is 0 Å². The van der Waals surface area contributed by atoms with Gasteiger partial charge < -0.3 is 9.47 Å². The van der Waals surface area contributed by atoms with Gasteiger partial charge in [-0.2, -0.15) is 9.40 Å². The van der Waals surface area contributed by atoms with Crippen molar-refractivity contribution in [3.8, 4) is 5.82 Å². The van der Waals surface area contributed by atoms with E-state index in [0.717, 1.165) is 18.9 Å². The topological polar surface area (TPSA) is 102 Å². The summed E-state index contributed by atoms with van der Waals surface area (Å²) >= 11 is 0. The van der Waals surface area contributed by atoms with E-state index >= 15 is 0 Å². The monoisotopic (exact) mass is 400 g/mol. The molecule has 146 valence electrons. The van der Waals surface area contributed by atoms with Crippen LogP contribution in [0.2, 0.25) is 0 Å². The van der Waals surface area contributed by atoms with Crippen LogP contribution in [0.15, 0.2) is 48.4 Å². The van der Waals surface area contributed by atoms with Gasteiger partial charge in [0.1, 0.15) is 12.1 Å². The number of hydrogen-bond donors (Lipinski definition) is 0. The van der Waals surface area contributed by atoms with Crippen molar-refractivity contribution in [1.82, 2.24) is 33.6 Å². The molecule has 0 spiro atoms. The Morgan fingerprint density at radius 3 is 2.36 bits per heavy atom. The molecule has 0 aromatic carbocycles. The number of fused-ring (bicyclic) bond motifs is 1. The molecule has 5 heterocycles. The Kier molecular flexibility index (Phi) is 3.95. The van der Waals surface area contributed by atoms with Crippen LogP contribution in [0.25, 0.3) is 5.82 Å². The highest BCUT2D eigenvalue weighted by Gasteiger charge is 2.45. The van der Waals surface area contributed by atoms with Gasteiger partial charge in [0.2, 0.25) is 5.16 Å². The third-order valence-electron chi connectivity index (χ3n) is 5.50. The summed E-state index contributed by atoms with van der Waals surface area (Å²) in [5.41, 5.74) is 0. The summed E-state index contributed by atoms with van der Waals surface area (Å²) in [6, 6.07) is 3.76. The lowest BCUT2D eigenvalue weighted by atomic mass is 10.0. The normalized spacial score (nSPS) is 22.7. The van der Waals surface area contributed by atoms with Gasteiger partial charge in [-0.15, -0.1) is 0 Å². The minimum atomic E-state index is -3.56. The van der Waals surface area contributed by atoms with E-state index in [1.54, 1.807) is 33.0 Å². The zero-order valence-electron chi connectivity index (χ0n) is 15.3. The van der Waals surface area contributed by atoms with E-state index in [-0.39, 0.29) is 17.0 Å². The van der Waals surface area contributed by atoms with Gasteiger partial charge in [-0.1, -0.05) is 0 Å². The van der Waals surface area contributed by atoms with E-state index in [2.05, 4.69) is 25.0 Å². The first kappa shape index (κ1) is 17.3. The first-order valence-corrected chi connectivity index (χ1v) is 10.5. The van der Waals surface area contributed by atoms with Gasteiger partial charge in [-0.25, -0.2) is 28.1 Å². The van der Waals surface area contributed by atoms with Crippen molar-refractivity contribution in [3.05, 3.63) is 43.2 Å². The molecule has 0 radical (unpaired) electrons. The van der Waals surface area contributed by atoms with Crippen molar-refractivity contribution in [1.29, 1.82) is 0 Å². The predicted molar refractivity (Wildman–Crippen MR) is 100 cm³/mol. The second-order valence-corrected chi connectivity index (χ2v) is 9.08. The molecule has 2 fully saturated rings. The standard InChI is InChI=1S/C17H20N8O2S/c1-22-6-4-18-17(22)28(26,27)24-10-13-8-23(9-14(13)11-24)15-7-16(20-12-19-15)25-5-2-3-21-25/h2-7,12-14H,8-11H2,1H3. The maximum atomic E-state index is 12.9. The van der Waals surface area contributed by atoms with Crippen molar-refractivity contribution < 1.29 is 8.42 Å². The van der Waals surface area contributed by atoms with E-state index < -0.39 is 10.0 Å². The van der Waals surface area contributed by atoms with Crippen molar-refractivity contribution in [2.75, 3.05) is 31.1 Å². The fourth-order valence-corrected chi connectivity index (χ4v) is 5.71. The molecule has 5 rings (SSSR count). The van der Waals surface area contributed by atoms with Crippen LogP contribution in [-0.4, -0.2) is 68.2 Å². The Morgan fingerprint density at radius 1 is 0.964 bits per heavy atom. The van der Waals surface area contributed by atoms with Gasteiger partial charge in [0.15, 0.2) is 5.82 Å². The molecule has 0 aliphatic carbocycles. The minimum absolute atomic E-state index is 0.101.